The number of carbonyl (C=O) groups is 1. The summed E-state index contributed by atoms with van der Waals surface area (Å²) in [6.07, 6.45) is -1.13. The van der Waals surface area contributed by atoms with Gasteiger partial charge in [0, 0.05) is 30.6 Å². The quantitative estimate of drug-likeness (QED) is 0.159. The number of carbonyl (C=O) groups excluding carboxylic acids is 1. The van der Waals surface area contributed by atoms with E-state index in [2.05, 4.69) is 13.8 Å². The van der Waals surface area contributed by atoms with Gasteiger partial charge in [0.05, 0.1) is 60.9 Å². The molecule has 4 aliphatic carbocycles. The van der Waals surface area contributed by atoms with Gasteiger partial charge in [0.1, 0.15) is 24.1 Å². The number of esters is 1. The van der Waals surface area contributed by atoms with Gasteiger partial charge < -0.3 is 63.8 Å². The summed E-state index contributed by atoms with van der Waals surface area (Å²) < 4.78 is 42.8. The van der Waals surface area contributed by atoms with Gasteiger partial charge in [0.15, 0.2) is 18.9 Å². The van der Waals surface area contributed by atoms with Crippen molar-refractivity contribution in [3.05, 3.63) is 41.7 Å². The first-order chi connectivity index (χ1) is 29.5. The van der Waals surface area contributed by atoms with E-state index in [0.717, 1.165) is 44.1 Å². The Bertz CT molecular complexity index is 1740. The Morgan fingerprint density at radius 2 is 1.29 bits per heavy atom. The molecule has 0 amide bonds. The molecule has 1 aromatic carbocycles. The summed E-state index contributed by atoms with van der Waals surface area (Å²) in [6, 6.07) is 9.86. The molecule has 346 valence electrons. The molecule has 4 aliphatic heterocycles. The topological polar surface area (TPSA) is 203 Å². The number of allylic oxidation sites excluding steroid dienone is 1. The Morgan fingerprint density at radius 3 is 1.92 bits per heavy atom. The van der Waals surface area contributed by atoms with E-state index in [0.29, 0.717) is 24.5 Å². The van der Waals surface area contributed by atoms with Gasteiger partial charge in [0.25, 0.3) is 0 Å². The van der Waals surface area contributed by atoms with Gasteiger partial charge in [-0.05, 0) is 113 Å². The normalized spacial score (nSPS) is 52.5. The van der Waals surface area contributed by atoms with Crippen LogP contribution in [0.5, 0.6) is 0 Å². The van der Waals surface area contributed by atoms with Crippen LogP contribution in [0.4, 0.5) is 0 Å². The SMILES string of the molecule is C[C@H]1O[C@@H](O[C@H]2[C@@H](O)C[C@H](O[C@H]3[C@@H](O)C[C@H](O[C@H]4CC[C@@]5(C)[C@H](CC[C@@H]6[C@@H]5C[C@@H](O)[C@]5(C)[C@@H](C7CC(=O)O/C7=C/c7ccccc7)CC[C@]65O)C4)O[C@@H]3C)O[C@@H]2C)C[C@H](O)[C@@H]1O. The third-order valence-corrected chi connectivity index (χ3v) is 17.5. The van der Waals surface area contributed by atoms with Crippen molar-refractivity contribution in [1.29, 1.82) is 0 Å². The van der Waals surface area contributed by atoms with Gasteiger partial charge in [-0.1, -0.05) is 44.2 Å². The van der Waals surface area contributed by atoms with Crippen LogP contribution >= 0.6 is 0 Å². The minimum Gasteiger partial charge on any atom is -0.431 e. The third kappa shape index (κ3) is 7.93. The minimum atomic E-state index is -1.06. The number of rotatable bonds is 8. The Morgan fingerprint density at radius 1 is 0.677 bits per heavy atom. The highest BCUT2D eigenvalue weighted by Crippen LogP contribution is 2.70. The number of aliphatic hydroxyl groups is 6. The predicted molar refractivity (Wildman–Crippen MR) is 222 cm³/mol. The second-order valence-corrected chi connectivity index (χ2v) is 20.8. The van der Waals surface area contributed by atoms with Gasteiger partial charge in [-0.3, -0.25) is 4.79 Å². The van der Waals surface area contributed by atoms with Gasteiger partial charge in [-0.2, -0.15) is 0 Å². The van der Waals surface area contributed by atoms with Crippen LogP contribution in [0, 0.1) is 40.4 Å². The molecular formula is C48H70O14. The highest BCUT2D eigenvalue weighted by Gasteiger charge is 2.71. The molecule has 8 fully saturated rings. The molecule has 0 aromatic heterocycles. The summed E-state index contributed by atoms with van der Waals surface area (Å²) in [4.78, 5) is 12.8. The minimum absolute atomic E-state index is 0.0446. The monoisotopic (exact) mass is 870 g/mol. The summed E-state index contributed by atoms with van der Waals surface area (Å²) in [6.45, 7) is 9.71. The standard InChI is InChI=1S/C48H70O14/c1-24-43(54)34(49)21-41(56-24)61-45-26(3)58-42(23-36(45)51)62-44-25(2)57-40(22-35(44)50)59-29-13-15-46(4)28(18-29)11-12-32-33(46)20-38(52)47(5)31(14-16-48(32,47)55)30-19-39(53)60-37(30)17-27-9-7-6-8-10-27/h6-10,17,24-26,28-36,38,40-45,49-52,54-55H,11-16,18-23H2,1-5H3/b37-17+/t24-,25-,26-,28-,29+,30?,31-,32-,33+,34+,35+,36+,38-,40+,41+,42+,43-,44-,45-,46+,47+,48+/m1/s1. The molecule has 6 N–H and O–H groups in total. The van der Waals surface area contributed by atoms with E-state index < -0.39 is 90.9 Å². The molecule has 0 spiro atoms. The van der Waals surface area contributed by atoms with Gasteiger partial charge in [-0.25, -0.2) is 0 Å². The summed E-state index contributed by atoms with van der Waals surface area (Å²) in [7, 11) is 0. The molecule has 4 saturated heterocycles. The Hall–Kier alpha value is -2.05. The molecule has 14 nitrogen and oxygen atoms in total. The van der Waals surface area contributed by atoms with E-state index >= 15 is 0 Å². The van der Waals surface area contributed by atoms with E-state index in [1.165, 1.54) is 0 Å². The van der Waals surface area contributed by atoms with Crippen molar-refractivity contribution < 1.29 is 68.6 Å². The van der Waals surface area contributed by atoms with Gasteiger partial charge in [0.2, 0.25) is 0 Å². The Kier molecular flexibility index (Phi) is 12.6. The molecule has 8 aliphatic rings. The molecule has 14 heteroatoms. The lowest BCUT2D eigenvalue weighted by molar-refractivity contribution is -0.336. The lowest BCUT2D eigenvalue weighted by Crippen LogP contribution is -2.67. The van der Waals surface area contributed by atoms with Crippen LogP contribution in [0.1, 0.15) is 117 Å². The van der Waals surface area contributed by atoms with Crippen LogP contribution in [0.25, 0.3) is 6.08 Å². The average molecular weight is 871 g/mol. The molecule has 4 saturated carbocycles. The number of hydrogen-bond donors (Lipinski definition) is 6. The maximum Gasteiger partial charge on any atom is 0.311 e. The molecule has 9 rings (SSSR count). The van der Waals surface area contributed by atoms with Crippen molar-refractivity contribution in [1.82, 2.24) is 0 Å². The smallest absolute Gasteiger partial charge is 0.311 e. The van der Waals surface area contributed by atoms with Crippen LogP contribution < -0.4 is 0 Å². The zero-order valence-electron chi connectivity index (χ0n) is 36.9. The summed E-state index contributed by atoms with van der Waals surface area (Å²) in [5, 5.41) is 67.8. The van der Waals surface area contributed by atoms with Crippen LogP contribution in [0.3, 0.4) is 0 Å². The lowest BCUT2D eigenvalue weighted by atomic mass is 9.42. The molecular weight excluding hydrogens is 801 g/mol. The Labute approximate surface area is 365 Å². The van der Waals surface area contributed by atoms with Crippen molar-refractivity contribution in [3.8, 4) is 0 Å². The zero-order chi connectivity index (χ0) is 43.9. The fraction of sp³-hybridized carbons (Fsp3) is 0.812. The third-order valence-electron chi connectivity index (χ3n) is 17.5. The Balaban J connectivity index is 0.790. The second-order valence-electron chi connectivity index (χ2n) is 20.8. The average Bonchev–Trinajstić information content (AvgIpc) is 3.72. The highest BCUT2D eigenvalue weighted by molar-refractivity contribution is 5.76. The van der Waals surface area contributed by atoms with Crippen LogP contribution in [-0.4, -0.2) is 128 Å². The van der Waals surface area contributed by atoms with Crippen molar-refractivity contribution >= 4 is 12.0 Å². The molecule has 1 unspecified atom stereocenters. The van der Waals surface area contributed by atoms with Crippen molar-refractivity contribution in [2.24, 2.45) is 40.4 Å². The summed E-state index contributed by atoms with van der Waals surface area (Å²) >= 11 is 0. The first-order valence-electron chi connectivity index (χ1n) is 23.5. The van der Waals surface area contributed by atoms with E-state index in [9.17, 15) is 35.4 Å². The maximum atomic E-state index is 13.0. The number of hydrogen-bond acceptors (Lipinski definition) is 14. The maximum absolute atomic E-state index is 13.0. The van der Waals surface area contributed by atoms with Crippen molar-refractivity contribution in [2.75, 3.05) is 0 Å². The lowest BCUT2D eigenvalue weighted by Gasteiger charge is -2.65. The first-order valence-corrected chi connectivity index (χ1v) is 23.5. The summed E-state index contributed by atoms with van der Waals surface area (Å²) in [5.41, 5.74) is -0.953. The van der Waals surface area contributed by atoms with Crippen LogP contribution in [0.15, 0.2) is 36.1 Å². The molecule has 0 radical (unpaired) electrons. The summed E-state index contributed by atoms with van der Waals surface area (Å²) in [5.74, 6) is 0.654. The fourth-order valence-electron chi connectivity index (χ4n) is 14.0. The largest absolute Gasteiger partial charge is 0.431 e. The van der Waals surface area contributed by atoms with E-state index in [-0.39, 0.29) is 66.8 Å². The molecule has 4 heterocycles. The van der Waals surface area contributed by atoms with Crippen molar-refractivity contribution in [3.63, 3.8) is 0 Å². The van der Waals surface area contributed by atoms with E-state index in [4.69, 9.17) is 33.2 Å². The molecule has 22 atom stereocenters. The second kappa shape index (κ2) is 17.3. The molecule has 0 bridgehead atoms. The number of fused-ring (bicyclic) bond motifs is 5. The predicted octanol–water partition coefficient (Wildman–Crippen LogP) is 4.34. The van der Waals surface area contributed by atoms with Crippen LogP contribution in [-0.2, 0) is 38.0 Å². The van der Waals surface area contributed by atoms with Crippen LogP contribution in [0.2, 0.25) is 0 Å². The highest BCUT2D eigenvalue weighted by atomic mass is 16.7. The van der Waals surface area contributed by atoms with E-state index in [1.807, 2.05) is 43.3 Å². The van der Waals surface area contributed by atoms with Gasteiger partial charge >= 0.3 is 5.97 Å². The van der Waals surface area contributed by atoms with E-state index in [1.54, 1.807) is 13.8 Å². The number of cyclic esters (lactones) is 1. The number of ether oxygens (including phenoxy) is 7. The number of aliphatic hydroxyl groups excluding tert-OH is 5. The number of benzene rings is 1. The molecule has 1 aromatic rings. The van der Waals surface area contributed by atoms with Crippen molar-refractivity contribution in [2.45, 2.75) is 203 Å². The van der Waals surface area contributed by atoms with Gasteiger partial charge in [-0.15, -0.1) is 0 Å². The zero-order valence-corrected chi connectivity index (χ0v) is 36.9. The first kappa shape index (κ1) is 45.1. The molecule has 62 heavy (non-hydrogen) atoms. The fourth-order valence-corrected chi connectivity index (χ4v) is 14.0.